The number of fused-ring (bicyclic) bond motifs is 1. The lowest BCUT2D eigenvalue weighted by atomic mass is 10.1. The average Bonchev–Trinajstić information content (AvgIpc) is 3.54. The summed E-state index contributed by atoms with van der Waals surface area (Å²) in [4.78, 5) is 6.72. The molecule has 1 aliphatic rings. The van der Waals surface area contributed by atoms with Crippen molar-refractivity contribution in [3.8, 4) is 34.8 Å². The predicted octanol–water partition coefficient (Wildman–Crippen LogP) is 6.91. The van der Waals surface area contributed by atoms with E-state index in [0.717, 1.165) is 18.8 Å². The monoisotopic (exact) mass is 584 g/mol. The molecule has 4 aromatic rings. The fraction of sp³-hybridized carbons (Fsp3) is 0.353. The zero-order valence-corrected chi connectivity index (χ0v) is 25.3. The highest BCUT2D eigenvalue weighted by molar-refractivity contribution is 5.97. The molecule has 43 heavy (non-hydrogen) atoms. The summed E-state index contributed by atoms with van der Waals surface area (Å²) in [5, 5.41) is 24.3. The third kappa shape index (κ3) is 8.28. The molecule has 1 unspecified atom stereocenters. The highest BCUT2D eigenvalue weighted by Crippen LogP contribution is 2.38. The molecule has 9 heteroatoms. The van der Waals surface area contributed by atoms with Crippen LogP contribution in [0.4, 0.5) is 11.4 Å². The number of aliphatic hydroxyl groups is 1. The second-order valence-electron chi connectivity index (χ2n) is 10.3. The van der Waals surface area contributed by atoms with Crippen molar-refractivity contribution in [1.82, 2.24) is 9.88 Å². The van der Waals surface area contributed by atoms with Crippen LogP contribution in [0.25, 0.3) is 10.9 Å². The first-order valence-corrected chi connectivity index (χ1v) is 14.6. The Morgan fingerprint density at radius 2 is 1.63 bits per heavy atom. The Morgan fingerprint density at radius 1 is 0.953 bits per heavy atom. The van der Waals surface area contributed by atoms with E-state index in [1.807, 2.05) is 48.5 Å². The number of hydrogen-bond donors (Lipinski definition) is 2. The van der Waals surface area contributed by atoms with E-state index in [1.165, 1.54) is 25.5 Å². The molecule has 0 bridgehead atoms. The average molecular weight is 585 g/mol. The molecule has 2 N–H and O–H groups in total. The Balaban J connectivity index is 0.00000135. The van der Waals surface area contributed by atoms with Crippen molar-refractivity contribution in [2.24, 2.45) is 0 Å². The quantitative estimate of drug-likeness (QED) is 0.194. The molecule has 1 atom stereocenters. The van der Waals surface area contributed by atoms with Gasteiger partial charge in [-0.2, -0.15) is 5.26 Å². The van der Waals surface area contributed by atoms with Gasteiger partial charge in [0.25, 0.3) is 0 Å². The minimum absolute atomic E-state index is 0.142. The van der Waals surface area contributed by atoms with Crippen LogP contribution in [0.15, 0.2) is 66.9 Å². The molecule has 5 rings (SSSR count). The van der Waals surface area contributed by atoms with E-state index in [2.05, 4.69) is 35.1 Å². The van der Waals surface area contributed by atoms with Crippen molar-refractivity contribution >= 4 is 22.3 Å². The number of nitriles is 1. The van der Waals surface area contributed by atoms with E-state index < -0.39 is 6.10 Å². The number of likely N-dealkylation sites (tertiary alicyclic amines) is 1. The third-order valence-corrected chi connectivity index (χ3v) is 6.79. The maximum Gasteiger partial charge on any atom is 0.169 e. The molecule has 1 aromatic heterocycles. The van der Waals surface area contributed by atoms with Gasteiger partial charge in [0, 0.05) is 29.9 Å². The molecular weight excluding hydrogens is 544 g/mol. The van der Waals surface area contributed by atoms with Crippen LogP contribution in [0, 0.1) is 11.3 Å². The van der Waals surface area contributed by atoms with Gasteiger partial charge in [-0.05, 0) is 68.4 Å². The van der Waals surface area contributed by atoms with Gasteiger partial charge in [-0.15, -0.1) is 0 Å². The minimum atomic E-state index is -0.611. The van der Waals surface area contributed by atoms with E-state index in [9.17, 15) is 10.4 Å². The van der Waals surface area contributed by atoms with Crippen LogP contribution in [-0.2, 0) is 0 Å². The van der Waals surface area contributed by atoms with Crippen LogP contribution in [0.1, 0.15) is 38.7 Å². The number of aliphatic hydroxyl groups excluding tert-OH is 1. The van der Waals surface area contributed by atoms with Crippen LogP contribution < -0.4 is 24.3 Å². The highest BCUT2D eigenvalue weighted by Gasteiger charge is 2.19. The number of pyridine rings is 1. The van der Waals surface area contributed by atoms with Crippen molar-refractivity contribution in [2.75, 3.05) is 45.8 Å². The maximum absolute atomic E-state index is 10.5. The minimum Gasteiger partial charge on any atom is -0.493 e. The second-order valence-corrected chi connectivity index (χ2v) is 10.3. The Hall–Kier alpha value is -4.52. The first-order chi connectivity index (χ1) is 21.0. The number of nitrogens with one attached hydrogen (secondary N) is 1. The maximum atomic E-state index is 10.5. The van der Waals surface area contributed by atoms with Crippen molar-refractivity contribution in [3.63, 3.8) is 0 Å². The summed E-state index contributed by atoms with van der Waals surface area (Å²) in [6, 6.07) is 20.6. The van der Waals surface area contributed by atoms with E-state index in [1.54, 1.807) is 26.4 Å². The molecule has 226 valence electrons. The van der Waals surface area contributed by atoms with Crippen LogP contribution in [0.5, 0.6) is 28.7 Å². The summed E-state index contributed by atoms with van der Waals surface area (Å²) < 4.78 is 22.9. The smallest absolute Gasteiger partial charge is 0.169 e. The van der Waals surface area contributed by atoms with E-state index >= 15 is 0 Å². The Morgan fingerprint density at radius 3 is 2.28 bits per heavy atom. The number of rotatable bonds is 11. The van der Waals surface area contributed by atoms with Crippen LogP contribution >= 0.6 is 0 Å². The van der Waals surface area contributed by atoms with Crippen molar-refractivity contribution < 1.29 is 24.1 Å². The molecule has 1 fully saturated rings. The molecule has 0 radical (unpaired) electrons. The summed E-state index contributed by atoms with van der Waals surface area (Å²) >= 11 is 0. The van der Waals surface area contributed by atoms with Crippen LogP contribution in [-0.4, -0.2) is 61.6 Å². The van der Waals surface area contributed by atoms with Gasteiger partial charge in [0.05, 0.1) is 31.0 Å². The molecule has 3 aromatic carbocycles. The number of aromatic nitrogens is 1. The van der Waals surface area contributed by atoms with Gasteiger partial charge >= 0.3 is 0 Å². The van der Waals surface area contributed by atoms with Crippen LogP contribution in [0.3, 0.4) is 0 Å². The van der Waals surface area contributed by atoms with Gasteiger partial charge in [0.15, 0.2) is 23.0 Å². The fourth-order valence-corrected chi connectivity index (χ4v) is 4.77. The standard InChI is InChI=1S/C31H32N4O5.C3H8/c1-37-27-7-3-4-8-28(27)40-24-11-9-22(10-12-24)34-31-21(17-32)18-33-26-16-30(29(38-2)15-25(26)31)39-20-23(36)19-35-13-5-6-14-35;1-3-2/h3-4,7-12,15-16,18,23,36H,5-6,13-14,19-20H2,1-2H3,(H,33,34);3H2,1-2H3. The molecule has 1 aliphatic heterocycles. The van der Waals surface area contributed by atoms with Gasteiger partial charge in [-0.1, -0.05) is 32.4 Å². The zero-order valence-electron chi connectivity index (χ0n) is 25.3. The lowest BCUT2D eigenvalue weighted by Crippen LogP contribution is -2.33. The van der Waals surface area contributed by atoms with Gasteiger partial charge in [0.1, 0.15) is 24.5 Å². The van der Waals surface area contributed by atoms with Crippen molar-refractivity contribution in [2.45, 2.75) is 39.2 Å². The number of para-hydroxylation sites is 2. The number of hydrogen-bond acceptors (Lipinski definition) is 9. The van der Waals surface area contributed by atoms with E-state index in [4.69, 9.17) is 18.9 Å². The molecule has 0 saturated carbocycles. The lowest BCUT2D eigenvalue weighted by Gasteiger charge is -2.20. The number of benzene rings is 3. The second kappa shape index (κ2) is 15.6. The van der Waals surface area contributed by atoms with Gasteiger partial charge in [-0.25, -0.2) is 0 Å². The predicted molar refractivity (Wildman–Crippen MR) is 169 cm³/mol. The van der Waals surface area contributed by atoms with Gasteiger partial charge in [0.2, 0.25) is 0 Å². The first kappa shape index (κ1) is 31.4. The summed E-state index contributed by atoms with van der Waals surface area (Å²) in [7, 11) is 3.16. The molecule has 1 saturated heterocycles. The number of methoxy groups -OCH3 is 2. The fourth-order valence-electron chi connectivity index (χ4n) is 4.77. The van der Waals surface area contributed by atoms with Crippen molar-refractivity contribution in [1.29, 1.82) is 5.26 Å². The normalized spacial score (nSPS) is 13.4. The Bertz CT molecular complexity index is 1510. The summed E-state index contributed by atoms with van der Waals surface area (Å²) in [5.74, 6) is 2.87. The molecule has 0 amide bonds. The van der Waals surface area contributed by atoms with Crippen LogP contribution in [0.2, 0.25) is 0 Å². The largest absolute Gasteiger partial charge is 0.493 e. The summed E-state index contributed by atoms with van der Waals surface area (Å²) in [6.07, 6.45) is 4.50. The first-order valence-electron chi connectivity index (χ1n) is 14.6. The van der Waals surface area contributed by atoms with E-state index in [-0.39, 0.29) is 6.61 Å². The Kier molecular flexibility index (Phi) is 11.4. The van der Waals surface area contributed by atoms with E-state index in [0.29, 0.717) is 57.4 Å². The molecule has 0 aliphatic carbocycles. The molecular formula is C34H40N4O5. The number of anilines is 2. The number of β-amino-alcohol motifs (C(OH)–C–C–N with tert-alkyl or cyclic N) is 1. The van der Waals surface area contributed by atoms with Crippen molar-refractivity contribution in [3.05, 3.63) is 72.4 Å². The lowest BCUT2D eigenvalue weighted by molar-refractivity contribution is 0.0747. The Labute approximate surface area is 253 Å². The summed E-state index contributed by atoms with van der Waals surface area (Å²) in [6.45, 7) is 6.99. The summed E-state index contributed by atoms with van der Waals surface area (Å²) in [5.41, 5.74) is 2.38. The third-order valence-electron chi connectivity index (χ3n) is 6.79. The molecule has 0 spiro atoms. The SMILES string of the molecule is CCC.COc1cc2c(Nc3ccc(Oc4ccccc4OC)cc3)c(C#N)cnc2cc1OCC(O)CN1CCCC1. The number of ether oxygens (including phenoxy) is 4. The van der Waals surface area contributed by atoms with Gasteiger partial charge < -0.3 is 34.3 Å². The molecule has 2 heterocycles. The zero-order chi connectivity index (χ0) is 30.6. The highest BCUT2D eigenvalue weighted by atomic mass is 16.5. The van der Waals surface area contributed by atoms with Gasteiger partial charge in [-0.3, -0.25) is 4.98 Å². The molecule has 9 nitrogen and oxygen atoms in total. The topological polar surface area (TPSA) is 109 Å². The number of nitrogens with zero attached hydrogens (tertiary/aromatic N) is 3.